The van der Waals surface area contributed by atoms with E-state index in [2.05, 4.69) is 10.3 Å². The lowest BCUT2D eigenvalue weighted by Crippen LogP contribution is -2.45. The Kier molecular flexibility index (Phi) is 4.35. The molecule has 1 heterocycles. The Bertz CT molecular complexity index is 348. The lowest BCUT2D eigenvalue weighted by Gasteiger charge is -2.30. The Morgan fingerprint density at radius 2 is 2.06 bits per heavy atom. The number of pyridine rings is 1. The minimum atomic E-state index is -0.828. The highest BCUT2D eigenvalue weighted by molar-refractivity contribution is 6.29. The first kappa shape index (κ1) is 13.0. The second-order valence-electron chi connectivity index (χ2n) is 3.65. The van der Waals surface area contributed by atoms with E-state index in [9.17, 15) is 10.2 Å². The molecule has 1 aromatic heterocycles. The fraction of sp³-hybridized carbons (Fsp3) is 0.500. The Hall–Kier alpha value is -1.04. The molecular weight excluding hydrogens is 230 g/mol. The number of nitrogens with zero attached hydrogens (tertiary/aromatic N) is 1. The predicted octanol–water partition coefficient (Wildman–Crippen LogP) is 0.863. The zero-order valence-corrected chi connectivity index (χ0v) is 9.83. The van der Waals surface area contributed by atoms with Gasteiger partial charge in [-0.3, -0.25) is 0 Å². The van der Waals surface area contributed by atoms with Crippen molar-refractivity contribution in [2.45, 2.75) is 18.9 Å². The lowest BCUT2D eigenvalue weighted by atomic mass is 9.98. The molecule has 16 heavy (non-hydrogen) atoms. The number of nitrogens with two attached hydrogens (primary N) is 1. The van der Waals surface area contributed by atoms with E-state index >= 15 is 0 Å². The van der Waals surface area contributed by atoms with Crippen LogP contribution in [0.1, 0.15) is 13.3 Å². The summed E-state index contributed by atoms with van der Waals surface area (Å²) in [6.45, 7) is 1.42. The van der Waals surface area contributed by atoms with E-state index < -0.39 is 5.54 Å². The quantitative estimate of drug-likeness (QED) is 0.578. The topological polar surface area (TPSA) is 91.4 Å². The number of anilines is 2. The maximum Gasteiger partial charge on any atom is 0.151 e. The molecule has 1 aromatic rings. The summed E-state index contributed by atoms with van der Waals surface area (Å²) >= 11 is 5.74. The number of nitrogen functional groups attached to an aromatic ring is 1. The van der Waals surface area contributed by atoms with Crippen molar-refractivity contribution in [2.24, 2.45) is 0 Å². The van der Waals surface area contributed by atoms with Crippen LogP contribution in [-0.2, 0) is 0 Å². The van der Waals surface area contributed by atoms with Crippen LogP contribution < -0.4 is 11.1 Å². The zero-order chi connectivity index (χ0) is 12.2. The van der Waals surface area contributed by atoms with E-state index in [0.29, 0.717) is 23.1 Å². The van der Waals surface area contributed by atoms with E-state index in [4.69, 9.17) is 17.3 Å². The monoisotopic (exact) mass is 245 g/mol. The van der Waals surface area contributed by atoms with Crippen molar-refractivity contribution in [1.82, 2.24) is 4.98 Å². The van der Waals surface area contributed by atoms with Gasteiger partial charge in [-0.1, -0.05) is 18.5 Å². The molecule has 1 rings (SSSR count). The van der Waals surface area contributed by atoms with Crippen molar-refractivity contribution < 1.29 is 10.2 Å². The third kappa shape index (κ3) is 2.75. The van der Waals surface area contributed by atoms with Gasteiger partial charge in [0.2, 0.25) is 0 Å². The summed E-state index contributed by atoms with van der Waals surface area (Å²) in [5.74, 6) is 0.373. The van der Waals surface area contributed by atoms with Crippen LogP contribution in [0.5, 0.6) is 0 Å². The Balaban J connectivity index is 2.97. The molecular formula is C10H16ClN3O2. The number of rotatable bonds is 5. The first-order valence-corrected chi connectivity index (χ1v) is 5.36. The van der Waals surface area contributed by atoms with Crippen molar-refractivity contribution in [3.05, 3.63) is 17.3 Å². The molecule has 0 unspecified atom stereocenters. The highest BCUT2D eigenvalue weighted by atomic mass is 35.5. The fourth-order valence-electron chi connectivity index (χ4n) is 1.24. The van der Waals surface area contributed by atoms with Gasteiger partial charge in [-0.2, -0.15) is 0 Å². The van der Waals surface area contributed by atoms with Crippen LogP contribution >= 0.6 is 11.6 Å². The average molecular weight is 246 g/mol. The summed E-state index contributed by atoms with van der Waals surface area (Å²) in [6.07, 6.45) is 0.535. The van der Waals surface area contributed by atoms with Gasteiger partial charge < -0.3 is 21.3 Å². The van der Waals surface area contributed by atoms with Gasteiger partial charge in [0.15, 0.2) is 5.82 Å². The van der Waals surface area contributed by atoms with E-state index in [1.54, 1.807) is 12.1 Å². The fourth-order valence-corrected chi connectivity index (χ4v) is 1.39. The SMILES string of the molecule is CCC(CO)(CO)Nc1nc(Cl)ccc1N. The molecule has 0 atom stereocenters. The van der Waals surface area contributed by atoms with E-state index in [0.717, 1.165) is 0 Å². The summed E-state index contributed by atoms with van der Waals surface area (Å²) in [7, 11) is 0. The van der Waals surface area contributed by atoms with Crippen molar-refractivity contribution in [3.8, 4) is 0 Å². The predicted molar refractivity (Wildman–Crippen MR) is 64.5 cm³/mol. The smallest absolute Gasteiger partial charge is 0.151 e. The standard InChI is InChI=1S/C10H16ClN3O2/c1-2-10(5-15,6-16)14-9-7(12)3-4-8(11)13-9/h3-4,15-16H,2,5-6,12H2,1H3,(H,13,14). The molecule has 0 radical (unpaired) electrons. The number of aromatic nitrogens is 1. The van der Waals surface area contributed by atoms with Crippen LogP contribution in [0.25, 0.3) is 0 Å². The van der Waals surface area contributed by atoms with Gasteiger partial charge >= 0.3 is 0 Å². The number of aliphatic hydroxyl groups is 2. The molecule has 0 aliphatic carbocycles. The third-order valence-electron chi connectivity index (χ3n) is 2.56. The van der Waals surface area contributed by atoms with Crippen LogP contribution in [0.3, 0.4) is 0 Å². The molecule has 0 fully saturated rings. The third-order valence-corrected chi connectivity index (χ3v) is 2.77. The molecule has 0 saturated carbocycles. The van der Waals surface area contributed by atoms with Crippen molar-refractivity contribution in [1.29, 1.82) is 0 Å². The summed E-state index contributed by atoms with van der Waals surface area (Å²) in [6, 6.07) is 3.19. The summed E-state index contributed by atoms with van der Waals surface area (Å²) in [5.41, 5.74) is 5.31. The molecule has 0 amide bonds. The molecule has 0 aromatic carbocycles. The molecule has 5 N–H and O–H groups in total. The van der Waals surface area contributed by atoms with Crippen LogP contribution in [0.4, 0.5) is 11.5 Å². The van der Waals surface area contributed by atoms with Gasteiger partial charge in [-0.15, -0.1) is 0 Å². The molecule has 5 nitrogen and oxygen atoms in total. The van der Waals surface area contributed by atoms with Gasteiger partial charge in [-0.25, -0.2) is 4.98 Å². The Morgan fingerprint density at radius 3 is 2.56 bits per heavy atom. The minimum Gasteiger partial charge on any atom is -0.396 e. The molecule has 0 bridgehead atoms. The van der Waals surface area contributed by atoms with Gasteiger partial charge in [0.1, 0.15) is 5.15 Å². The van der Waals surface area contributed by atoms with Crippen LogP contribution in [-0.4, -0.2) is 33.9 Å². The number of aliphatic hydroxyl groups excluding tert-OH is 2. The molecule has 90 valence electrons. The van der Waals surface area contributed by atoms with Gasteiger partial charge in [0, 0.05) is 0 Å². The first-order chi connectivity index (χ1) is 7.56. The van der Waals surface area contributed by atoms with E-state index in [1.807, 2.05) is 6.92 Å². The summed E-state index contributed by atoms with van der Waals surface area (Å²) in [4.78, 5) is 4.01. The number of halogens is 1. The lowest BCUT2D eigenvalue weighted by molar-refractivity contribution is 0.132. The summed E-state index contributed by atoms with van der Waals surface area (Å²) in [5, 5.41) is 21.8. The Labute approximate surface area is 99.3 Å². The first-order valence-electron chi connectivity index (χ1n) is 4.99. The molecule has 0 saturated heterocycles. The number of nitrogens with one attached hydrogen (secondary N) is 1. The van der Waals surface area contributed by atoms with Gasteiger partial charge in [0.05, 0.1) is 24.4 Å². The van der Waals surface area contributed by atoms with Crippen LogP contribution in [0, 0.1) is 0 Å². The number of hydrogen-bond donors (Lipinski definition) is 4. The van der Waals surface area contributed by atoms with Crippen LogP contribution in [0.2, 0.25) is 5.15 Å². The normalized spacial score (nSPS) is 11.5. The zero-order valence-electron chi connectivity index (χ0n) is 9.07. The average Bonchev–Trinajstić information content (AvgIpc) is 2.31. The second kappa shape index (κ2) is 5.34. The number of hydrogen-bond acceptors (Lipinski definition) is 5. The van der Waals surface area contributed by atoms with Crippen molar-refractivity contribution in [3.63, 3.8) is 0 Å². The van der Waals surface area contributed by atoms with Crippen molar-refractivity contribution in [2.75, 3.05) is 24.3 Å². The maximum atomic E-state index is 9.27. The molecule has 0 aliphatic heterocycles. The van der Waals surface area contributed by atoms with Gasteiger partial charge in [-0.05, 0) is 18.6 Å². The maximum absolute atomic E-state index is 9.27. The summed E-state index contributed by atoms with van der Waals surface area (Å²) < 4.78 is 0. The second-order valence-corrected chi connectivity index (χ2v) is 4.03. The van der Waals surface area contributed by atoms with Crippen molar-refractivity contribution >= 4 is 23.1 Å². The molecule has 0 aliphatic rings. The Morgan fingerprint density at radius 1 is 1.44 bits per heavy atom. The largest absolute Gasteiger partial charge is 0.396 e. The minimum absolute atomic E-state index is 0.215. The highest BCUT2D eigenvalue weighted by Gasteiger charge is 2.27. The molecule has 0 spiro atoms. The van der Waals surface area contributed by atoms with Crippen LogP contribution in [0.15, 0.2) is 12.1 Å². The highest BCUT2D eigenvalue weighted by Crippen LogP contribution is 2.23. The van der Waals surface area contributed by atoms with Gasteiger partial charge in [0.25, 0.3) is 0 Å². The van der Waals surface area contributed by atoms with E-state index in [-0.39, 0.29) is 13.2 Å². The molecule has 6 heteroatoms. The van der Waals surface area contributed by atoms with E-state index in [1.165, 1.54) is 0 Å².